The van der Waals surface area contributed by atoms with Gasteiger partial charge in [0, 0.05) is 21.5 Å². The van der Waals surface area contributed by atoms with Crippen LogP contribution in [0.1, 0.15) is 20.8 Å². The van der Waals surface area contributed by atoms with E-state index in [-0.39, 0.29) is 5.54 Å². The maximum Gasteiger partial charge on any atom is 0.264 e. The molecule has 0 amide bonds. The van der Waals surface area contributed by atoms with Gasteiger partial charge in [0.15, 0.2) is 0 Å². The predicted molar refractivity (Wildman–Crippen MR) is 170 cm³/mol. The molecule has 0 spiro atoms. The quantitative estimate of drug-likeness (QED) is 0.223. The molecule has 0 heterocycles. The highest BCUT2D eigenvalue weighted by Gasteiger charge is 2.50. The molecule has 0 unspecified atom stereocenters. The fraction of sp³-hybridized carbons (Fsp3) is 0.118. The van der Waals surface area contributed by atoms with Gasteiger partial charge < -0.3 is 0 Å². The Morgan fingerprint density at radius 1 is 0.474 bits per heavy atom. The first-order valence-electron chi connectivity index (χ1n) is 13.0. The molecule has 0 saturated carbocycles. The van der Waals surface area contributed by atoms with Crippen LogP contribution in [0.4, 0.5) is 0 Å². The molecule has 0 atom stereocenters. The molecule has 0 bridgehead atoms. The first kappa shape index (κ1) is 26.3. The molecule has 38 heavy (non-hydrogen) atoms. The summed E-state index contributed by atoms with van der Waals surface area (Å²) >= 11 is 0. The third kappa shape index (κ3) is 5.31. The van der Waals surface area contributed by atoms with Gasteiger partial charge in [-0.1, -0.05) is 127 Å². The van der Waals surface area contributed by atoms with E-state index in [1.54, 1.807) is 0 Å². The topological polar surface area (TPSA) is 24.4 Å². The van der Waals surface area contributed by atoms with Crippen molar-refractivity contribution in [1.29, 1.82) is 0 Å². The van der Waals surface area contributed by atoms with Crippen LogP contribution in [0.25, 0.3) is 0 Å². The average Bonchev–Trinajstić information content (AvgIpc) is 2.97. The Kier molecular flexibility index (Phi) is 7.78. The van der Waals surface area contributed by atoms with Crippen molar-refractivity contribution in [2.24, 2.45) is 4.52 Å². The van der Waals surface area contributed by atoms with Gasteiger partial charge in [-0.05, 0) is 45.0 Å². The standard InChI is InChI=1S/C34H35N2P2/c1-34(2,3)35-38(32-25-15-7-16-26-32,33-27-17-8-18-28-33)36-37(29-19-9-4-10-20-29,30-21-11-5-12-22-30)31-23-13-6-14-24-31/h4-28,35H,1-3H3/q+1. The molecule has 0 radical (unpaired) electrons. The molecule has 0 aliphatic heterocycles. The Hall–Kier alpha value is -3.28. The average molecular weight is 534 g/mol. The van der Waals surface area contributed by atoms with Crippen LogP contribution in [0.15, 0.2) is 156 Å². The highest BCUT2D eigenvalue weighted by atomic mass is 31.2. The van der Waals surface area contributed by atoms with E-state index in [0.29, 0.717) is 0 Å². The molecule has 1 N–H and O–H groups in total. The second-order valence-corrected chi connectivity index (χ2v) is 16.5. The Bertz CT molecular complexity index is 1350. The van der Waals surface area contributed by atoms with Gasteiger partial charge in [0.2, 0.25) is 0 Å². The van der Waals surface area contributed by atoms with Crippen molar-refractivity contribution >= 4 is 41.1 Å². The van der Waals surface area contributed by atoms with Crippen LogP contribution in [-0.2, 0) is 0 Å². The summed E-state index contributed by atoms with van der Waals surface area (Å²) in [5, 5.41) is 10.4. The summed E-state index contributed by atoms with van der Waals surface area (Å²) in [6, 6.07) is 54.5. The summed E-state index contributed by atoms with van der Waals surface area (Å²) in [4.78, 5) is 0. The van der Waals surface area contributed by atoms with Crippen LogP contribution >= 0.6 is 14.6 Å². The van der Waals surface area contributed by atoms with Crippen molar-refractivity contribution < 1.29 is 0 Å². The Balaban J connectivity index is 2.03. The van der Waals surface area contributed by atoms with Crippen molar-refractivity contribution in [2.45, 2.75) is 26.3 Å². The van der Waals surface area contributed by atoms with Crippen molar-refractivity contribution in [1.82, 2.24) is 5.09 Å². The van der Waals surface area contributed by atoms with E-state index in [2.05, 4.69) is 178 Å². The monoisotopic (exact) mass is 533 g/mol. The maximum absolute atomic E-state index is 6.29. The Morgan fingerprint density at radius 3 is 1.05 bits per heavy atom. The lowest BCUT2D eigenvalue weighted by Gasteiger charge is -2.34. The Morgan fingerprint density at radius 2 is 0.763 bits per heavy atom. The van der Waals surface area contributed by atoms with Gasteiger partial charge in [-0.25, -0.2) is 0 Å². The van der Waals surface area contributed by atoms with E-state index in [1.165, 1.54) is 26.5 Å². The molecule has 0 aliphatic rings. The summed E-state index contributed by atoms with van der Waals surface area (Å²) in [6.07, 6.45) is 0. The molecule has 5 aromatic carbocycles. The largest absolute Gasteiger partial charge is 0.264 e. The molecule has 4 heteroatoms. The van der Waals surface area contributed by atoms with Crippen LogP contribution in [0.5, 0.6) is 0 Å². The van der Waals surface area contributed by atoms with Gasteiger partial charge >= 0.3 is 0 Å². The molecular weight excluding hydrogens is 498 g/mol. The number of nitrogens with one attached hydrogen (secondary N) is 1. The van der Waals surface area contributed by atoms with Gasteiger partial charge in [0.05, 0.1) is 0 Å². The zero-order chi connectivity index (χ0) is 26.5. The maximum atomic E-state index is 6.29. The minimum atomic E-state index is -2.52. The van der Waals surface area contributed by atoms with E-state index in [9.17, 15) is 0 Å². The summed E-state index contributed by atoms with van der Waals surface area (Å²) < 4.78 is 6.29. The lowest BCUT2D eigenvalue weighted by molar-refractivity contribution is 0.528. The zero-order valence-corrected chi connectivity index (χ0v) is 24.1. The van der Waals surface area contributed by atoms with Crippen LogP contribution in [0, 0.1) is 0 Å². The van der Waals surface area contributed by atoms with Crippen molar-refractivity contribution in [3.05, 3.63) is 152 Å². The second kappa shape index (κ2) is 11.2. The van der Waals surface area contributed by atoms with Gasteiger partial charge in [0.25, 0.3) is 7.56 Å². The van der Waals surface area contributed by atoms with E-state index >= 15 is 0 Å². The van der Waals surface area contributed by atoms with Crippen molar-refractivity contribution in [2.75, 3.05) is 0 Å². The number of benzene rings is 5. The minimum Gasteiger partial charge on any atom is -0.156 e. The number of hydrogen-bond acceptors (Lipinski definition) is 2. The van der Waals surface area contributed by atoms with Crippen LogP contribution in [0.2, 0.25) is 0 Å². The number of hydrogen-bond donors (Lipinski definition) is 1. The molecule has 5 rings (SSSR count). The minimum absolute atomic E-state index is 0.178. The van der Waals surface area contributed by atoms with E-state index < -0.39 is 14.6 Å². The van der Waals surface area contributed by atoms with Crippen molar-refractivity contribution in [3.63, 3.8) is 0 Å². The first-order chi connectivity index (χ1) is 18.4. The first-order valence-corrected chi connectivity index (χ1v) is 16.5. The third-order valence-corrected chi connectivity index (χ3v) is 14.8. The highest BCUT2D eigenvalue weighted by molar-refractivity contribution is 7.97. The van der Waals surface area contributed by atoms with Gasteiger partial charge in [-0.2, -0.15) is 5.09 Å². The Labute approximate surface area is 228 Å². The molecule has 0 fully saturated rings. The smallest absolute Gasteiger partial charge is 0.156 e. The van der Waals surface area contributed by atoms with Crippen LogP contribution < -0.4 is 31.6 Å². The SMILES string of the molecule is CC(C)(C)N[P+](N=P(c1ccccc1)(c1ccccc1)c1ccccc1)(c1ccccc1)c1ccccc1. The number of rotatable bonds is 7. The third-order valence-electron chi connectivity index (χ3n) is 6.41. The molecule has 5 aromatic rings. The summed E-state index contributed by atoms with van der Waals surface area (Å²) in [5.74, 6) is 0. The van der Waals surface area contributed by atoms with Gasteiger partial charge in [0.1, 0.15) is 17.7 Å². The number of nitrogens with zero attached hydrogens (tertiary/aromatic N) is 1. The molecule has 190 valence electrons. The molecular formula is C34H35N2P2+. The molecule has 0 saturated heterocycles. The van der Waals surface area contributed by atoms with Crippen LogP contribution in [0.3, 0.4) is 0 Å². The van der Waals surface area contributed by atoms with E-state index in [0.717, 1.165) is 0 Å². The molecule has 0 aliphatic carbocycles. The predicted octanol–water partition coefficient (Wildman–Crippen LogP) is 7.05. The summed E-state index contributed by atoms with van der Waals surface area (Å²) in [6.45, 7) is 6.74. The van der Waals surface area contributed by atoms with Crippen LogP contribution in [-0.4, -0.2) is 5.54 Å². The highest BCUT2D eigenvalue weighted by Crippen LogP contribution is 2.65. The summed E-state index contributed by atoms with van der Waals surface area (Å²) in [5.41, 5.74) is -0.178. The normalized spacial score (nSPS) is 12.2. The van der Waals surface area contributed by atoms with Gasteiger partial charge in [-0.3, -0.25) is 0 Å². The second-order valence-electron chi connectivity index (χ2n) is 10.4. The lowest BCUT2D eigenvalue weighted by Crippen LogP contribution is -2.43. The van der Waals surface area contributed by atoms with E-state index in [4.69, 9.17) is 4.52 Å². The van der Waals surface area contributed by atoms with Crippen molar-refractivity contribution in [3.8, 4) is 0 Å². The van der Waals surface area contributed by atoms with E-state index in [1.807, 2.05) is 0 Å². The van der Waals surface area contributed by atoms with Gasteiger partial charge in [-0.15, -0.1) is 4.52 Å². The molecule has 2 nitrogen and oxygen atoms in total. The fourth-order valence-electron chi connectivity index (χ4n) is 4.91. The zero-order valence-electron chi connectivity index (χ0n) is 22.3. The fourth-order valence-corrected chi connectivity index (χ4v) is 14.2. The lowest BCUT2D eigenvalue weighted by atomic mass is 10.1. The molecule has 0 aromatic heterocycles. The summed E-state index contributed by atoms with van der Waals surface area (Å²) in [7, 11) is -5.00.